The van der Waals surface area contributed by atoms with Crippen molar-refractivity contribution in [2.45, 2.75) is 0 Å². The van der Waals surface area contributed by atoms with Gasteiger partial charge in [-0.15, -0.1) is 10.3 Å². The number of rotatable bonds is 0. The van der Waals surface area contributed by atoms with Crippen LogP contribution in [0.2, 0.25) is 0 Å². The van der Waals surface area contributed by atoms with Crippen molar-refractivity contribution in [2.24, 2.45) is 5.84 Å². The summed E-state index contributed by atoms with van der Waals surface area (Å²) in [6.07, 6.45) is 0. The molecule has 5 heavy (non-hydrogen) atoms. The van der Waals surface area contributed by atoms with E-state index in [2.05, 4.69) is 0 Å². The van der Waals surface area contributed by atoms with Crippen molar-refractivity contribution in [2.75, 3.05) is 7.05 Å². The van der Waals surface area contributed by atoms with Crippen LogP contribution in [-0.2, 0) is 0 Å². The normalized spacial score (nSPS) is 12.2. The topological polar surface area (TPSA) is 49.3 Å². The first-order valence-corrected chi connectivity index (χ1v) is 1.91. The average molecular weight is 93.0 g/mol. The standard InChI is InChI=1S/CH5N2OP/c1-3(2)5-4/h2H2,1H3/p+1. The molecule has 4 heteroatoms. The molecule has 0 aromatic heterocycles. The van der Waals surface area contributed by atoms with Gasteiger partial charge in [-0.1, -0.05) is 0 Å². The number of hydrogen-bond acceptors (Lipinski definition) is 0. The van der Waals surface area contributed by atoms with E-state index >= 15 is 0 Å². The van der Waals surface area contributed by atoms with Gasteiger partial charge in [0.05, 0.1) is 0 Å². The fraction of sp³-hybridized carbons (Fsp3) is 1.00. The molecule has 0 rings (SSSR count). The lowest BCUT2D eigenvalue weighted by atomic mass is 11.5. The maximum absolute atomic E-state index is 7.92. The van der Waals surface area contributed by atoms with E-state index in [9.17, 15) is 0 Å². The van der Waals surface area contributed by atoms with Crippen molar-refractivity contribution >= 4 is 8.60 Å². The molecule has 0 bridgehead atoms. The van der Waals surface area contributed by atoms with Crippen LogP contribution in [-0.4, -0.2) is 16.4 Å². The quantitative estimate of drug-likeness (QED) is 0.242. The van der Waals surface area contributed by atoms with Gasteiger partial charge in [0.2, 0.25) is 0 Å². The van der Waals surface area contributed by atoms with E-state index in [1.165, 1.54) is 0 Å². The second-order valence-electron chi connectivity index (χ2n) is 0.663. The molecule has 0 radical (unpaired) electrons. The SMILES string of the molecule is C[N+](N)=PO. The van der Waals surface area contributed by atoms with Crippen LogP contribution < -0.4 is 5.84 Å². The highest BCUT2D eigenvalue weighted by Crippen LogP contribution is 1.76. The minimum Gasteiger partial charge on any atom is -0.289 e. The number of nitrogens with two attached hydrogens (primary N) is 1. The highest BCUT2D eigenvalue weighted by Gasteiger charge is 1.71. The Hall–Kier alpha value is 0.0200. The summed E-state index contributed by atoms with van der Waals surface area (Å²) in [5.74, 6) is 4.86. The van der Waals surface area contributed by atoms with Crippen molar-refractivity contribution in [3.63, 3.8) is 0 Å². The Kier molecular flexibility index (Phi) is 2.28. The van der Waals surface area contributed by atoms with Crippen molar-refractivity contribution in [1.82, 2.24) is 0 Å². The second-order valence-corrected chi connectivity index (χ2v) is 1.47. The van der Waals surface area contributed by atoms with Gasteiger partial charge in [-0.25, -0.2) is 0 Å². The molecule has 0 fully saturated rings. The fourth-order valence-electron chi connectivity index (χ4n) is 0. The molecule has 0 saturated carbocycles. The molecular formula is CH6N2OP+. The zero-order chi connectivity index (χ0) is 4.28. The Balaban J connectivity index is 3.14. The maximum atomic E-state index is 7.92. The third-order valence-electron chi connectivity index (χ3n) is 0.141. The highest BCUT2D eigenvalue weighted by atomic mass is 31.1. The molecule has 3 N–H and O–H groups in total. The van der Waals surface area contributed by atoms with Crippen LogP contribution in [0.25, 0.3) is 0 Å². The highest BCUT2D eigenvalue weighted by molar-refractivity contribution is 7.16. The average Bonchev–Trinajstić information content (AvgIpc) is 1.38. The second kappa shape index (κ2) is 2.27. The van der Waals surface area contributed by atoms with E-state index in [-0.39, 0.29) is 8.60 Å². The van der Waals surface area contributed by atoms with E-state index in [1.807, 2.05) is 0 Å². The molecule has 0 heterocycles. The molecular weight excluding hydrogens is 87.0 g/mol. The predicted molar refractivity (Wildman–Crippen MR) is 19.5 cm³/mol. The summed E-state index contributed by atoms with van der Waals surface area (Å²) >= 11 is 0. The third-order valence-corrected chi connectivity index (χ3v) is 0.423. The first-order chi connectivity index (χ1) is 2.27. The van der Waals surface area contributed by atoms with Gasteiger partial charge in [-0.2, -0.15) is 0 Å². The van der Waals surface area contributed by atoms with Crippen LogP contribution in [0, 0.1) is 0 Å². The molecule has 0 aromatic carbocycles. The Bertz CT molecular complexity index is 47.6. The molecule has 0 aliphatic heterocycles. The molecule has 0 amide bonds. The van der Waals surface area contributed by atoms with Crippen molar-refractivity contribution < 1.29 is 9.33 Å². The van der Waals surface area contributed by atoms with Crippen LogP contribution in [0.3, 0.4) is 0 Å². The van der Waals surface area contributed by atoms with E-state index in [4.69, 9.17) is 10.7 Å². The minimum absolute atomic E-state index is 0.108. The van der Waals surface area contributed by atoms with E-state index < -0.39 is 0 Å². The monoisotopic (exact) mass is 93.0 g/mol. The summed E-state index contributed by atoms with van der Waals surface area (Å²) in [6, 6.07) is 0. The molecule has 0 atom stereocenters. The lowest BCUT2D eigenvalue weighted by Gasteiger charge is -1.66. The minimum atomic E-state index is 0.108. The zero-order valence-electron chi connectivity index (χ0n) is 2.92. The van der Waals surface area contributed by atoms with Crippen molar-refractivity contribution in [3.05, 3.63) is 0 Å². The predicted octanol–water partition coefficient (Wildman–Crippen LogP) is -0.461. The van der Waals surface area contributed by atoms with Gasteiger partial charge >= 0.3 is 8.60 Å². The zero-order valence-corrected chi connectivity index (χ0v) is 3.81. The molecule has 0 aliphatic rings. The molecule has 0 aromatic rings. The van der Waals surface area contributed by atoms with E-state index in [0.717, 1.165) is 4.44 Å². The summed E-state index contributed by atoms with van der Waals surface area (Å²) in [6.45, 7) is 0. The van der Waals surface area contributed by atoms with Crippen LogP contribution >= 0.6 is 8.60 Å². The van der Waals surface area contributed by atoms with Crippen LogP contribution in [0.4, 0.5) is 0 Å². The van der Waals surface area contributed by atoms with E-state index in [1.54, 1.807) is 7.05 Å². The molecule has 0 spiro atoms. The summed E-state index contributed by atoms with van der Waals surface area (Å²) in [5, 5.41) is 0. The first kappa shape index (κ1) is 5.02. The van der Waals surface area contributed by atoms with Crippen molar-refractivity contribution in [1.29, 1.82) is 0 Å². The van der Waals surface area contributed by atoms with Gasteiger partial charge in [0.25, 0.3) is 0 Å². The van der Waals surface area contributed by atoms with Gasteiger partial charge in [-0.3, -0.25) is 4.89 Å². The van der Waals surface area contributed by atoms with Crippen LogP contribution in [0.15, 0.2) is 0 Å². The first-order valence-electron chi connectivity index (χ1n) is 1.11. The van der Waals surface area contributed by atoms with Crippen LogP contribution in [0.5, 0.6) is 0 Å². The number of hydrazine groups is 1. The summed E-state index contributed by atoms with van der Waals surface area (Å²) in [7, 11) is 1.68. The Morgan fingerprint density at radius 1 is 2.00 bits per heavy atom. The fourth-order valence-corrected chi connectivity index (χ4v) is 0. The summed E-state index contributed by atoms with van der Waals surface area (Å²) in [5.41, 5.74) is 0. The molecule has 0 aliphatic carbocycles. The van der Waals surface area contributed by atoms with Gasteiger partial charge < -0.3 is 0 Å². The smallest absolute Gasteiger partial charge is 0.289 e. The van der Waals surface area contributed by atoms with Crippen LogP contribution in [0.1, 0.15) is 0 Å². The molecule has 30 valence electrons. The Morgan fingerprint density at radius 2 is 2.20 bits per heavy atom. The van der Waals surface area contributed by atoms with Gasteiger partial charge in [0.1, 0.15) is 0 Å². The molecule has 3 nitrogen and oxygen atoms in total. The maximum Gasteiger partial charge on any atom is 0.415 e. The third kappa shape index (κ3) is 4.02. The molecule has 0 unspecified atom stereocenters. The number of hydrogen-bond donors (Lipinski definition) is 2. The van der Waals surface area contributed by atoms with E-state index in [0.29, 0.717) is 0 Å². The number of nitrogens with zero attached hydrogens (tertiary/aromatic N) is 1. The van der Waals surface area contributed by atoms with Crippen molar-refractivity contribution in [3.8, 4) is 0 Å². The summed E-state index contributed by atoms with van der Waals surface area (Å²) < 4.78 is 1.15. The molecule has 0 saturated heterocycles. The summed E-state index contributed by atoms with van der Waals surface area (Å²) in [4.78, 5) is 7.92. The Morgan fingerprint density at radius 3 is 2.20 bits per heavy atom. The lowest BCUT2D eigenvalue weighted by Crippen LogP contribution is -2.06. The van der Waals surface area contributed by atoms with Gasteiger partial charge in [-0.05, 0) is 0 Å². The Labute approximate surface area is 32.0 Å². The largest absolute Gasteiger partial charge is 0.415 e. The van der Waals surface area contributed by atoms with Gasteiger partial charge in [0, 0.05) is 0 Å². The lowest BCUT2D eigenvalue weighted by molar-refractivity contribution is -0.487. The van der Waals surface area contributed by atoms with Gasteiger partial charge in [0.15, 0.2) is 7.05 Å².